The number of sulfone groups is 1. The van der Waals surface area contributed by atoms with Crippen LogP contribution in [0.1, 0.15) is 11.9 Å². The Morgan fingerprint density at radius 2 is 2.21 bits per heavy atom. The van der Waals surface area contributed by atoms with Gasteiger partial charge in [-0.2, -0.15) is 0 Å². The molecule has 1 amide bonds. The Bertz CT molecular complexity index is 912. The van der Waals surface area contributed by atoms with Crippen molar-refractivity contribution < 1.29 is 32.6 Å². The Labute approximate surface area is 139 Å². The van der Waals surface area contributed by atoms with E-state index in [9.17, 15) is 27.9 Å². The zero-order chi connectivity index (χ0) is 17.6. The summed E-state index contributed by atoms with van der Waals surface area (Å²) >= 11 is 1.21. The van der Waals surface area contributed by atoms with Gasteiger partial charge >= 0.3 is 11.9 Å². The van der Waals surface area contributed by atoms with Crippen LogP contribution in [0.25, 0.3) is 6.08 Å². The van der Waals surface area contributed by atoms with Crippen molar-refractivity contribution in [1.82, 2.24) is 9.88 Å². The molecule has 1 atom stereocenters. The molecule has 0 unspecified atom stereocenters. The largest absolute Gasteiger partial charge is 0.476 e. The number of nitrogens with zero attached hydrogens (tertiary/aromatic N) is 2. The average Bonchev–Trinajstić information content (AvgIpc) is 2.95. The second kappa shape index (κ2) is 5.53. The molecule has 1 saturated heterocycles. The lowest BCUT2D eigenvalue weighted by Crippen LogP contribution is -2.62. The van der Waals surface area contributed by atoms with Gasteiger partial charge in [0.15, 0.2) is 26.7 Å². The molecule has 11 heteroatoms. The molecule has 3 rings (SSSR count). The molecule has 1 N–H and O–H groups in total. The number of esters is 1. The number of amides is 1. The Morgan fingerprint density at radius 1 is 1.50 bits per heavy atom. The highest BCUT2D eigenvalue weighted by molar-refractivity contribution is 7.92. The Morgan fingerprint density at radius 3 is 2.75 bits per heavy atom. The molecule has 0 bridgehead atoms. The van der Waals surface area contributed by atoms with Gasteiger partial charge < -0.3 is 9.84 Å². The van der Waals surface area contributed by atoms with Crippen molar-refractivity contribution in [2.75, 3.05) is 5.75 Å². The van der Waals surface area contributed by atoms with E-state index in [0.29, 0.717) is 9.91 Å². The lowest BCUT2D eigenvalue weighted by atomic mass is 10.0. The molecule has 126 valence electrons. The number of carbonyl (C=O) groups is 3. The minimum Gasteiger partial charge on any atom is -0.476 e. The van der Waals surface area contributed by atoms with E-state index in [2.05, 4.69) is 4.98 Å². The molecule has 0 saturated carbocycles. The minimum absolute atomic E-state index is 0.0643. The highest BCUT2D eigenvalue weighted by Crippen LogP contribution is 2.41. The van der Waals surface area contributed by atoms with Crippen LogP contribution in [0.2, 0.25) is 0 Å². The van der Waals surface area contributed by atoms with Crippen molar-refractivity contribution in [3.05, 3.63) is 33.6 Å². The van der Waals surface area contributed by atoms with E-state index in [4.69, 9.17) is 4.74 Å². The fourth-order valence-electron chi connectivity index (χ4n) is 2.51. The minimum atomic E-state index is -3.96. The molecule has 2 aliphatic rings. The number of hydrogen-bond acceptors (Lipinski definition) is 8. The summed E-state index contributed by atoms with van der Waals surface area (Å²) in [4.78, 5) is 39.4. The van der Waals surface area contributed by atoms with Crippen molar-refractivity contribution >= 4 is 45.1 Å². The number of β-lactam (4-membered cyclic amide) rings is 1. The topological polar surface area (TPSA) is 131 Å². The molecule has 2 aliphatic heterocycles. The van der Waals surface area contributed by atoms with Gasteiger partial charge in [-0.05, 0) is 6.08 Å². The third kappa shape index (κ3) is 2.51. The average molecular weight is 370 g/mol. The van der Waals surface area contributed by atoms with Crippen LogP contribution in [0.4, 0.5) is 0 Å². The van der Waals surface area contributed by atoms with E-state index in [1.807, 2.05) is 0 Å². The fraction of sp³-hybridized carbons (Fsp3) is 0.231. The number of ether oxygens (including phenoxy) is 1. The van der Waals surface area contributed by atoms with Gasteiger partial charge in [-0.3, -0.25) is 14.5 Å². The molecule has 0 spiro atoms. The molecule has 9 nitrogen and oxygen atoms in total. The molecule has 3 heterocycles. The van der Waals surface area contributed by atoms with E-state index in [0.717, 1.165) is 6.92 Å². The first kappa shape index (κ1) is 16.3. The zero-order valence-corrected chi connectivity index (χ0v) is 13.8. The molecule has 1 aromatic heterocycles. The van der Waals surface area contributed by atoms with Crippen molar-refractivity contribution in [2.24, 2.45) is 0 Å². The maximum atomic E-state index is 12.4. The summed E-state index contributed by atoms with van der Waals surface area (Å²) in [5.41, 5.74) is -0.697. The molecular weight excluding hydrogens is 360 g/mol. The zero-order valence-electron chi connectivity index (χ0n) is 12.1. The molecule has 24 heavy (non-hydrogen) atoms. The predicted octanol–water partition coefficient (Wildman–Crippen LogP) is -0.0175. The van der Waals surface area contributed by atoms with E-state index in [1.54, 1.807) is 5.38 Å². The number of aliphatic carboxylic acids is 1. The van der Waals surface area contributed by atoms with Crippen LogP contribution >= 0.6 is 11.3 Å². The number of carboxylic acid groups (broad SMARTS) is 1. The Balaban J connectivity index is 2.10. The van der Waals surface area contributed by atoms with Crippen LogP contribution in [0.15, 0.2) is 28.6 Å². The number of hydrogen-bond donors (Lipinski definition) is 1. The summed E-state index contributed by atoms with van der Waals surface area (Å²) in [6.45, 7) is 1.01. The molecule has 0 aliphatic carbocycles. The Kier molecular flexibility index (Phi) is 3.76. The summed E-state index contributed by atoms with van der Waals surface area (Å²) in [7, 11) is -3.96. The van der Waals surface area contributed by atoms with Gasteiger partial charge in [-0.15, -0.1) is 11.3 Å². The summed E-state index contributed by atoms with van der Waals surface area (Å²) in [6.07, 6.45) is 2.82. The highest BCUT2D eigenvalue weighted by atomic mass is 32.2. The molecule has 0 aromatic carbocycles. The summed E-state index contributed by atoms with van der Waals surface area (Å²) in [5, 5.41) is 9.98. The number of fused-ring (bicyclic) bond motifs is 1. The van der Waals surface area contributed by atoms with Crippen LogP contribution in [0.3, 0.4) is 0 Å². The number of rotatable bonds is 3. The van der Waals surface area contributed by atoms with Gasteiger partial charge in [-0.25, -0.2) is 18.2 Å². The van der Waals surface area contributed by atoms with Crippen LogP contribution in [0, 0.1) is 0 Å². The summed E-state index contributed by atoms with van der Waals surface area (Å²) < 4.78 is 29.5. The fourth-order valence-corrected chi connectivity index (χ4v) is 4.88. The van der Waals surface area contributed by atoms with Gasteiger partial charge in [0.2, 0.25) is 0 Å². The van der Waals surface area contributed by atoms with Gasteiger partial charge in [-0.1, -0.05) is 0 Å². The first-order chi connectivity index (χ1) is 11.2. The monoisotopic (exact) mass is 370 g/mol. The van der Waals surface area contributed by atoms with Crippen molar-refractivity contribution in [3.63, 3.8) is 0 Å². The van der Waals surface area contributed by atoms with E-state index in [1.165, 1.54) is 23.6 Å². The Hall–Kier alpha value is -2.53. The van der Waals surface area contributed by atoms with Crippen LogP contribution in [-0.2, 0) is 29.0 Å². The normalized spacial score (nSPS) is 23.7. The third-order valence-electron chi connectivity index (χ3n) is 3.34. The maximum absolute atomic E-state index is 12.4. The third-order valence-corrected chi connectivity index (χ3v) is 5.88. The second-order valence-electron chi connectivity index (χ2n) is 4.98. The molecule has 1 aromatic rings. The highest BCUT2D eigenvalue weighted by Gasteiger charge is 2.57. The van der Waals surface area contributed by atoms with Gasteiger partial charge in [0.05, 0.1) is 5.57 Å². The first-order valence-corrected chi connectivity index (χ1v) is 9.13. The van der Waals surface area contributed by atoms with Crippen molar-refractivity contribution in [3.8, 4) is 0 Å². The van der Waals surface area contributed by atoms with E-state index >= 15 is 0 Å². The smallest absolute Gasteiger partial charge is 0.356 e. The molecule has 1 fully saturated rings. The summed E-state index contributed by atoms with van der Waals surface area (Å²) in [6, 6.07) is 0. The predicted molar refractivity (Wildman–Crippen MR) is 80.9 cm³/mol. The maximum Gasteiger partial charge on any atom is 0.356 e. The quantitative estimate of drug-likeness (QED) is 0.446. The standard InChI is InChI=1S/C13H10N2O7S2/c1-6(16)22-8-5-24(20,21)12-7(4-9-14-2-3-23-9)11(17)15(12)10(8)13(18)19/h2-4,12H,5H2,1H3,(H,18,19)/b7-4-/t12-/m1/s1. The molecular formula is C13H10N2O7S2. The number of carboxylic acids is 1. The first-order valence-electron chi connectivity index (χ1n) is 6.53. The van der Waals surface area contributed by atoms with Crippen molar-refractivity contribution in [2.45, 2.75) is 12.3 Å². The SMILES string of the molecule is CC(=O)OC1=C(C(=O)O)N2C(=O)/C(=C/c3nccs3)[C@H]2S(=O)(=O)C1. The number of thiazole rings is 1. The lowest BCUT2D eigenvalue weighted by molar-refractivity contribution is -0.143. The summed E-state index contributed by atoms with van der Waals surface area (Å²) in [5.74, 6) is -4.54. The lowest BCUT2D eigenvalue weighted by Gasteiger charge is -2.44. The van der Waals surface area contributed by atoms with Gasteiger partial charge in [0.1, 0.15) is 10.8 Å². The van der Waals surface area contributed by atoms with Gasteiger partial charge in [0.25, 0.3) is 5.91 Å². The van der Waals surface area contributed by atoms with Crippen LogP contribution in [-0.4, -0.2) is 52.4 Å². The molecule has 0 radical (unpaired) electrons. The number of carbonyl (C=O) groups excluding carboxylic acids is 2. The van der Waals surface area contributed by atoms with Crippen molar-refractivity contribution in [1.29, 1.82) is 0 Å². The van der Waals surface area contributed by atoms with Crippen LogP contribution < -0.4 is 0 Å². The van der Waals surface area contributed by atoms with E-state index < -0.39 is 50.3 Å². The van der Waals surface area contributed by atoms with Crippen LogP contribution in [0.5, 0.6) is 0 Å². The second-order valence-corrected chi connectivity index (χ2v) is 7.96. The van der Waals surface area contributed by atoms with E-state index in [-0.39, 0.29) is 5.57 Å². The number of aromatic nitrogens is 1. The van der Waals surface area contributed by atoms with Gasteiger partial charge in [0, 0.05) is 18.5 Å².